The summed E-state index contributed by atoms with van der Waals surface area (Å²) in [4.78, 5) is 36.2. The third kappa shape index (κ3) is 4.78. The summed E-state index contributed by atoms with van der Waals surface area (Å²) in [5.41, 5.74) is 2.48. The van der Waals surface area contributed by atoms with E-state index in [4.69, 9.17) is 4.74 Å². The number of amides is 1. The highest BCUT2D eigenvalue weighted by Crippen LogP contribution is 2.46. The summed E-state index contributed by atoms with van der Waals surface area (Å²) < 4.78 is 21.1. The molecule has 0 bridgehead atoms. The number of fused-ring (bicyclic) bond motifs is 2. The van der Waals surface area contributed by atoms with Gasteiger partial charge in [-0.1, -0.05) is 5.57 Å². The van der Waals surface area contributed by atoms with Crippen molar-refractivity contribution in [2.45, 2.75) is 52.1 Å². The van der Waals surface area contributed by atoms with Gasteiger partial charge in [0.2, 0.25) is 0 Å². The van der Waals surface area contributed by atoms with Gasteiger partial charge in [0.05, 0.1) is 23.0 Å². The van der Waals surface area contributed by atoms with Crippen molar-refractivity contribution in [1.82, 2.24) is 19.7 Å². The van der Waals surface area contributed by atoms with Crippen molar-refractivity contribution in [3.05, 3.63) is 77.0 Å². The zero-order chi connectivity index (χ0) is 28.1. The predicted molar refractivity (Wildman–Crippen MR) is 150 cm³/mol. The van der Waals surface area contributed by atoms with Crippen LogP contribution in [0.5, 0.6) is 0 Å². The van der Waals surface area contributed by atoms with Crippen molar-refractivity contribution in [3.63, 3.8) is 0 Å². The molecule has 9 heteroatoms. The molecular weight excluding hydrogens is 509 g/mol. The molecule has 1 atom stereocenters. The molecule has 1 amide bonds. The second-order valence-electron chi connectivity index (χ2n) is 11.9. The van der Waals surface area contributed by atoms with Gasteiger partial charge in [-0.2, -0.15) is 5.10 Å². The fourth-order valence-electron chi connectivity index (χ4n) is 6.08. The lowest BCUT2D eigenvalue weighted by atomic mass is 9.64. The highest BCUT2D eigenvalue weighted by Gasteiger charge is 2.50. The summed E-state index contributed by atoms with van der Waals surface area (Å²) in [6.45, 7) is 8.05. The molecule has 6 rings (SSSR count). The molecule has 2 saturated heterocycles. The lowest BCUT2D eigenvalue weighted by Crippen LogP contribution is -2.54. The van der Waals surface area contributed by atoms with Gasteiger partial charge in [-0.3, -0.25) is 4.79 Å². The number of carbonyl (C=O) groups is 2. The number of hydrogen-bond donors (Lipinski definition) is 0. The Hall–Kier alpha value is -4.01. The average Bonchev–Trinajstić information content (AvgIpc) is 3.61. The monoisotopic (exact) mass is 543 g/mol. The molecule has 8 nitrogen and oxygen atoms in total. The van der Waals surface area contributed by atoms with E-state index in [1.807, 2.05) is 32.9 Å². The smallest absolute Gasteiger partial charge is 0.410 e. The number of Topliss-reactive ketones (excluding diaryl/α,β-unsaturated/α-hetero) is 1. The lowest BCUT2D eigenvalue weighted by molar-refractivity contribution is 0.0138. The summed E-state index contributed by atoms with van der Waals surface area (Å²) in [7, 11) is 0. The number of piperidine rings is 1. The van der Waals surface area contributed by atoms with Gasteiger partial charge in [0.15, 0.2) is 5.78 Å². The third-order valence-corrected chi connectivity index (χ3v) is 8.01. The maximum absolute atomic E-state index is 14.6. The van der Waals surface area contributed by atoms with Crippen LogP contribution in [0, 0.1) is 11.2 Å². The Bertz CT molecular complexity index is 1480. The minimum atomic E-state index is -0.956. The Labute approximate surface area is 233 Å². The van der Waals surface area contributed by atoms with E-state index in [9.17, 15) is 14.0 Å². The van der Waals surface area contributed by atoms with Gasteiger partial charge < -0.3 is 14.5 Å². The fourth-order valence-corrected chi connectivity index (χ4v) is 6.08. The van der Waals surface area contributed by atoms with Crippen molar-refractivity contribution in [3.8, 4) is 5.69 Å². The van der Waals surface area contributed by atoms with Crippen molar-refractivity contribution < 1.29 is 18.7 Å². The van der Waals surface area contributed by atoms with Gasteiger partial charge in [0.25, 0.3) is 0 Å². The maximum atomic E-state index is 14.6. The number of rotatable bonds is 4. The van der Waals surface area contributed by atoms with Gasteiger partial charge in [-0.25, -0.2) is 18.9 Å². The van der Waals surface area contributed by atoms with Gasteiger partial charge in [-0.15, -0.1) is 0 Å². The predicted octanol–water partition coefficient (Wildman–Crippen LogP) is 5.46. The fraction of sp³-hybridized carbons (Fsp3) is 0.419. The Balaban J connectivity index is 1.40. The van der Waals surface area contributed by atoms with Crippen molar-refractivity contribution in [2.24, 2.45) is 5.41 Å². The number of pyridine rings is 1. The standard InChI is InChI=1S/C31H34FN5O3/c1-30(2,3)40-29(39)36-15-11-23-17-26-22(19-34-37(26)25-8-6-24(32)7-9-25)18-31(23,20-36)28(38)21-10-12-33-27(16-21)35-13-4-5-14-35/h6-10,12,16-17,19H,4-5,11,13-15,18,20H2,1-3H3. The Morgan fingerprint density at radius 3 is 2.52 bits per heavy atom. The molecule has 1 aromatic carbocycles. The van der Waals surface area contributed by atoms with E-state index in [1.54, 1.807) is 40.2 Å². The van der Waals surface area contributed by atoms with Crippen LogP contribution in [-0.4, -0.2) is 63.3 Å². The quantitative estimate of drug-likeness (QED) is 0.407. The molecular formula is C31H34FN5O3. The first-order valence-electron chi connectivity index (χ1n) is 13.9. The number of aromatic nitrogens is 3. The number of halogens is 1. The van der Waals surface area contributed by atoms with Crippen molar-refractivity contribution >= 4 is 23.8 Å². The Morgan fingerprint density at radius 2 is 1.80 bits per heavy atom. The number of ketones is 1. The molecule has 1 unspecified atom stereocenters. The van der Waals surface area contributed by atoms with Crippen LogP contribution in [0.4, 0.5) is 15.0 Å². The largest absolute Gasteiger partial charge is 0.444 e. The maximum Gasteiger partial charge on any atom is 0.410 e. The van der Waals surface area contributed by atoms with E-state index < -0.39 is 17.1 Å². The van der Waals surface area contributed by atoms with Crippen molar-refractivity contribution in [1.29, 1.82) is 0 Å². The molecule has 3 aliphatic rings. The minimum absolute atomic E-state index is 0.0324. The van der Waals surface area contributed by atoms with Crippen LogP contribution < -0.4 is 4.90 Å². The molecule has 4 heterocycles. The molecule has 0 saturated carbocycles. The first-order valence-corrected chi connectivity index (χ1v) is 13.9. The highest BCUT2D eigenvalue weighted by atomic mass is 19.1. The van der Waals surface area contributed by atoms with Gasteiger partial charge in [0.1, 0.15) is 17.2 Å². The molecule has 3 aromatic rings. The zero-order valence-electron chi connectivity index (χ0n) is 23.2. The van der Waals surface area contributed by atoms with E-state index in [0.717, 1.165) is 54.3 Å². The van der Waals surface area contributed by atoms with Gasteiger partial charge >= 0.3 is 6.09 Å². The zero-order valence-corrected chi connectivity index (χ0v) is 23.2. The SMILES string of the molecule is CC(C)(C)OC(=O)N1CCC2=Cc3c(cnn3-c3ccc(F)cc3)CC2(C(=O)c2ccnc(N3CCCC3)c2)C1. The number of carbonyl (C=O) groups excluding carboxylic acids is 2. The van der Waals surface area contributed by atoms with Crippen LogP contribution >= 0.6 is 0 Å². The van der Waals surface area contributed by atoms with E-state index in [-0.39, 0.29) is 18.1 Å². The molecule has 0 spiro atoms. The first-order chi connectivity index (χ1) is 19.1. The number of nitrogens with zero attached hydrogens (tertiary/aromatic N) is 5. The number of hydrogen-bond acceptors (Lipinski definition) is 6. The molecule has 208 valence electrons. The second-order valence-corrected chi connectivity index (χ2v) is 11.9. The number of anilines is 1. The molecule has 2 aliphatic heterocycles. The van der Waals surface area contributed by atoms with Crippen LogP contribution in [0.15, 0.2) is 54.4 Å². The molecule has 0 N–H and O–H groups in total. The third-order valence-electron chi connectivity index (χ3n) is 8.01. The molecule has 0 radical (unpaired) electrons. The summed E-state index contributed by atoms with van der Waals surface area (Å²) in [6, 6.07) is 9.87. The summed E-state index contributed by atoms with van der Waals surface area (Å²) in [6.07, 6.45) is 8.26. The van der Waals surface area contributed by atoms with Gasteiger partial charge in [0, 0.05) is 37.9 Å². The molecule has 2 aromatic heterocycles. The van der Waals surface area contributed by atoms with Crippen LogP contribution in [0.2, 0.25) is 0 Å². The summed E-state index contributed by atoms with van der Waals surface area (Å²) in [5.74, 6) is 0.466. The minimum Gasteiger partial charge on any atom is -0.444 e. The number of ether oxygens (including phenoxy) is 1. The summed E-state index contributed by atoms with van der Waals surface area (Å²) in [5, 5.41) is 4.60. The van der Waals surface area contributed by atoms with E-state index in [0.29, 0.717) is 24.9 Å². The van der Waals surface area contributed by atoms with Crippen LogP contribution in [-0.2, 0) is 11.2 Å². The normalized spacial score (nSPS) is 20.6. The topological polar surface area (TPSA) is 80.6 Å². The van der Waals surface area contributed by atoms with E-state index >= 15 is 0 Å². The molecule has 2 fully saturated rings. The van der Waals surface area contributed by atoms with Crippen LogP contribution in [0.1, 0.15) is 61.6 Å². The average molecular weight is 544 g/mol. The lowest BCUT2D eigenvalue weighted by Gasteiger charge is -2.45. The number of benzene rings is 1. The summed E-state index contributed by atoms with van der Waals surface area (Å²) >= 11 is 0. The van der Waals surface area contributed by atoms with E-state index in [2.05, 4.69) is 15.0 Å². The van der Waals surface area contributed by atoms with E-state index in [1.165, 1.54) is 12.1 Å². The van der Waals surface area contributed by atoms with Crippen molar-refractivity contribution in [2.75, 3.05) is 31.1 Å². The molecule has 40 heavy (non-hydrogen) atoms. The molecule has 1 aliphatic carbocycles. The Morgan fingerprint density at radius 1 is 1.05 bits per heavy atom. The Kier molecular flexibility index (Phi) is 6.47. The highest BCUT2D eigenvalue weighted by molar-refractivity contribution is 6.05. The van der Waals surface area contributed by atoms with Crippen LogP contribution in [0.25, 0.3) is 11.8 Å². The van der Waals surface area contributed by atoms with Crippen LogP contribution in [0.3, 0.4) is 0 Å². The van der Waals surface area contributed by atoms with Gasteiger partial charge in [-0.05, 0) is 94.5 Å². The number of likely N-dealkylation sites (tertiary alicyclic amines) is 1. The second kappa shape index (κ2) is 9.87. The first kappa shape index (κ1) is 26.2.